The summed E-state index contributed by atoms with van der Waals surface area (Å²) in [5.41, 5.74) is 4.96. The highest BCUT2D eigenvalue weighted by Crippen LogP contribution is 2.23. The number of anilines is 1. The standard InChI is InChI=1S/C11H10F2N2O2S2/c12-7-1-2-10(13)11(3-7)15-19(16,17)9-4-8(5-14)18-6-9/h1-4,6,15H,5,14H2. The molecule has 1 aromatic heterocycles. The molecule has 0 spiro atoms. The summed E-state index contributed by atoms with van der Waals surface area (Å²) in [5, 5.41) is 1.39. The van der Waals surface area contributed by atoms with Crippen LogP contribution in [0.15, 0.2) is 34.5 Å². The second-order valence-electron chi connectivity index (χ2n) is 3.68. The molecule has 0 bridgehead atoms. The van der Waals surface area contributed by atoms with Crippen molar-refractivity contribution in [1.29, 1.82) is 0 Å². The molecule has 0 atom stereocenters. The van der Waals surface area contributed by atoms with Gasteiger partial charge in [0.25, 0.3) is 10.0 Å². The lowest BCUT2D eigenvalue weighted by molar-refractivity contribution is 0.594. The van der Waals surface area contributed by atoms with Gasteiger partial charge in [0, 0.05) is 22.9 Å². The molecule has 19 heavy (non-hydrogen) atoms. The molecule has 2 aromatic rings. The Kier molecular flexibility index (Phi) is 3.83. The number of rotatable bonds is 4. The molecule has 0 aliphatic carbocycles. The highest BCUT2D eigenvalue weighted by molar-refractivity contribution is 7.92. The van der Waals surface area contributed by atoms with Gasteiger partial charge < -0.3 is 5.73 Å². The van der Waals surface area contributed by atoms with Crippen LogP contribution < -0.4 is 10.5 Å². The van der Waals surface area contributed by atoms with Gasteiger partial charge in [-0.15, -0.1) is 11.3 Å². The van der Waals surface area contributed by atoms with Crippen LogP contribution in [0.4, 0.5) is 14.5 Å². The maximum absolute atomic E-state index is 13.4. The molecule has 102 valence electrons. The van der Waals surface area contributed by atoms with E-state index in [4.69, 9.17) is 5.73 Å². The van der Waals surface area contributed by atoms with Gasteiger partial charge in [0.2, 0.25) is 0 Å². The van der Waals surface area contributed by atoms with Crippen LogP contribution in [0.25, 0.3) is 0 Å². The Balaban J connectivity index is 2.33. The fourth-order valence-electron chi connectivity index (χ4n) is 1.39. The molecular weight excluding hydrogens is 294 g/mol. The van der Waals surface area contributed by atoms with E-state index in [1.807, 2.05) is 4.72 Å². The second-order valence-corrected chi connectivity index (χ2v) is 6.36. The van der Waals surface area contributed by atoms with Crippen molar-refractivity contribution in [3.8, 4) is 0 Å². The van der Waals surface area contributed by atoms with Crippen LogP contribution in [0, 0.1) is 11.6 Å². The zero-order valence-electron chi connectivity index (χ0n) is 9.56. The summed E-state index contributed by atoms with van der Waals surface area (Å²) in [6, 6.07) is 3.93. The molecular formula is C11H10F2N2O2S2. The molecule has 0 fully saturated rings. The number of nitrogens with two attached hydrogens (primary N) is 1. The molecule has 4 nitrogen and oxygen atoms in total. The maximum Gasteiger partial charge on any atom is 0.262 e. The minimum Gasteiger partial charge on any atom is -0.326 e. The zero-order valence-corrected chi connectivity index (χ0v) is 11.2. The molecule has 8 heteroatoms. The first-order valence-corrected chi connectivity index (χ1v) is 7.54. The lowest BCUT2D eigenvalue weighted by Gasteiger charge is -2.07. The minimum atomic E-state index is -3.94. The van der Waals surface area contributed by atoms with Gasteiger partial charge in [0.1, 0.15) is 11.6 Å². The van der Waals surface area contributed by atoms with Crippen molar-refractivity contribution < 1.29 is 17.2 Å². The fourth-order valence-corrected chi connectivity index (χ4v) is 3.60. The summed E-state index contributed by atoms with van der Waals surface area (Å²) in [4.78, 5) is 0.654. The summed E-state index contributed by atoms with van der Waals surface area (Å²) in [7, 11) is -3.94. The largest absolute Gasteiger partial charge is 0.326 e. The second kappa shape index (κ2) is 5.24. The lowest BCUT2D eigenvalue weighted by atomic mass is 10.3. The average molecular weight is 304 g/mol. The van der Waals surface area contributed by atoms with E-state index in [1.54, 1.807) is 0 Å². The Morgan fingerprint density at radius 1 is 1.26 bits per heavy atom. The van der Waals surface area contributed by atoms with Gasteiger partial charge in [-0.25, -0.2) is 17.2 Å². The van der Waals surface area contributed by atoms with Crippen molar-refractivity contribution in [3.63, 3.8) is 0 Å². The highest BCUT2D eigenvalue weighted by Gasteiger charge is 2.18. The van der Waals surface area contributed by atoms with E-state index in [1.165, 1.54) is 22.8 Å². The van der Waals surface area contributed by atoms with E-state index in [0.29, 0.717) is 4.88 Å². The van der Waals surface area contributed by atoms with E-state index in [2.05, 4.69) is 0 Å². The number of hydrogen-bond acceptors (Lipinski definition) is 4. The third-order valence-corrected chi connectivity index (χ3v) is 4.77. The first-order chi connectivity index (χ1) is 8.92. The summed E-state index contributed by atoms with van der Waals surface area (Å²) >= 11 is 1.18. The van der Waals surface area contributed by atoms with Crippen LogP contribution in [-0.2, 0) is 16.6 Å². The number of hydrogen-bond donors (Lipinski definition) is 2. The van der Waals surface area contributed by atoms with Gasteiger partial charge in [-0.3, -0.25) is 4.72 Å². The van der Waals surface area contributed by atoms with E-state index in [-0.39, 0.29) is 11.4 Å². The molecule has 0 amide bonds. The monoisotopic (exact) mass is 304 g/mol. The molecule has 1 heterocycles. The Labute approximate surface area is 112 Å². The molecule has 0 aliphatic heterocycles. The van der Waals surface area contributed by atoms with Crippen molar-refractivity contribution in [3.05, 3.63) is 46.2 Å². The Bertz CT molecular complexity index is 698. The Morgan fingerprint density at radius 3 is 2.63 bits per heavy atom. The van der Waals surface area contributed by atoms with Crippen molar-refractivity contribution in [2.45, 2.75) is 11.4 Å². The third kappa shape index (κ3) is 3.09. The highest BCUT2D eigenvalue weighted by atomic mass is 32.2. The topological polar surface area (TPSA) is 72.2 Å². The van der Waals surface area contributed by atoms with Gasteiger partial charge in [-0.05, 0) is 18.2 Å². The predicted molar refractivity (Wildman–Crippen MR) is 69.4 cm³/mol. The third-order valence-electron chi connectivity index (χ3n) is 2.31. The van der Waals surface area contributed by atoms with Crippen molar-refractivity contribution in [1.82, 2.24) is 0 Å². The van der Waals surface area contributed by atoms with E-state index < -0.39 is 27.3 Å². The SMILES string of the molecule is NCc1cc(S(=O)(=O)Nc2cc(F)ccc2F)cs1. The van der Waals surface area contributed by atoms with Gasteiger partial charge in [-0.2, -0.15) is 0 Å². The molecule has 0 unspecified atom stereocenters. The number of benzene rings is 1. The van der Waals surface area contributed by atoms with Crippen LogP contribution in [0.5, 0.6) is 0 Å². The molecule has 0 saturated carbocycles. The summed E-state index contributed by atoms with van der Waals surface area (Å²) in [6.45, 7) is 0.217. The molecule has 3 N–H and O–H groups in total. The quantitative estimate of drug-likeness (QED) is 0.910. The van der Waals surface area contributed by atoms with E-state index in [0.717, 1.165) is 18.2 Å². The average Bonchev–Trinajstić information content (AvgIpc) is 2.83. The summed E-state index contributed by atoms with van der Waals surface area (Å²) in [6.07, 6.45) is 0. The van der Waals surface area contributed by atoms with Gasteiger partial charge >= 0.3 is 0 Å². The van der Waals surface area contributed by atoms with Crippen LogP contribution in [0.3, 0.4) is 0 Å². The first-order valence-electron chi connectivity index (χ1n) is 5.18. The smallest absolute Gasteiger partial charge is 0.262 e. The summed E-state index contributed by atoms with van der Waals surface area (Å²) in [5.74, 6) is -1.58. The lowest BCUT2D eigenvalue weighted by Crippen LogP contribution is -2.13. The number of sulfonamides is 1. The maximum atomic E-state index is 13.4. The van der Waals surface area contributed by atoms with Gasteiger partial charge in [0.15, 0.2) is 0 Å². The molecule has 1 aromatic carbocycles. The van der Waals surface area contributed by atoms with Crippen molar-refractivity contribution in [2.24, 2.45) is 5.73 Å². The van der Waals surface area contributed by atoms with Crippen LogP contribution in [0.2, 0.25) is 0 Å². The van der Waals surface area contributed by atoms with Crippen LogP contribution in [0.1, 0.15) is 4.88 Å². The molecule has 0 saturated heterocycles. The fraction of sp³-hybridized carbons (Fsp3) is 0.0909. The van der Waals surface area contributed by atoms with Crippen LogP contribution in [-0.4, -0.2) is 8.42 Å². The first kappa shape index (κ1) is 13.9. The number of thiophene rings is 1. The van der Waals surface area contributed by atoms with Crippen molar-refractivity contribution >= 4 is 27.0 Å². The number of halogens is 2. The predicted octanol–water partition coefficient (Wildman–Crippen LogP) is 2.29. The normalized spacial score (nSPS) is 11.5. The number of nitrogens with one attached hydrogen (secondary N) is 1. The minimum absolute atomic E-state index is 0.0263. The summed E-state index contributed by atoms with van der Waals surface area (Å²) < 4.78 is 52.3. The van der Waals surface area contributed by atoms with Crippen LogP contribution >= 0.6 is 11.3 Å². The zero-order chi connectivity index (χ0) is 14.0. The molecule has 0 aliphatic rings. The Hall–Kier alpha value is -1.51. The molecule has 2 rings (SSSR count). The Morgan fingerprint density at radius 2 is 2.00 bits per heavy atom. The van der Waals surface area contributed by atoms with E-state index in [9.17, 15) is 17.2 Å². The van der Waals surface area contributed by atoms with Crippen molar-refractivity contribution in [2.75, 3.05) is 4.72 Å². The van der Waals surface area contributed by atoms with Gasteiger partial charge in [-0.1, -0.05) is 0 Å². The van der Waals surface area contributed by atoms with E-state index >= 15 is 0 Å². The molecule has 0 radical (unpaired) electrons. The van der Waals surface area contributed by atoms with Gasteiger partial charge in [0.05, 0.1) is 10.6 Å².